The summed E-state index contributed by atoms with van der Waals surface area (Å²) < 4.78 is 5.81. The van der Waals surface area contributed by atoms with E-state index in [0.717, 1.165) is 103 Å². The molecule has 0 aromatic rings. The van der Waals surface area contributed by atoms with Gasteiger partial charge in [-0.3, -0.25) is 9.59 Å². The van der Waals surface area contributed by atoms with Gasteiger partial charge in [0.25, 0.3) is 0 Å². The summed E-state index contributed by atoms with van der Waals surface area (Å²) in [6.45, 7) is 6.19. The average Bonchev–Trinajstić information content (AvgIpc) is 3.29. The Kier molecular flexibility index (Phi) is 47.3. The van der Waals surface area contributed by atoms with Gasteiger partial charge in [-0.05, 0) is 96.0 Å². The Morgan fingerprint density at radius 1 is 0.484 bits per heavy atom. The van der Waals surface area contributed by atoms with Crippen LogP contribution < -0.4 is 5.32 Å². The standard InChI is InChI=1S/C58H95NO5/c1-4-7-10-13-16-19-22-25-27-28-29-30-31-33-36-39-42-45-48-51-58(63)64-54(49-46-43-40-37-34-32-26-23-20-17-14-11-8-5-2)52-57(62)59-55(53-60)56(61)50-47-44-41-38-35-24-21-18-15-12-9-6-3/h7-8,10-11,16-17,19-20,25-27,29-30,32-33,36-37,40,46,49,54-56,60-61H,4-6,9,12-15,18,21-24,28,31,34-35,38-39,41-45,47-48,50-53H2,1-3H3,(H,59,62)/b10-7-,11-8+,19-16-,20-17+,27-25-,30-29-,32-26+,36-33-,40-37+,49-46+. The molecule has 3 N–H and O–H groups in total. The Hall–Kier alpha value is -3.74. The second kappa shape index (κ2) is 50.3. The number of rotatable bonds is 44. The van der Waals surface area contributed by atoms with Crippen LogP contribution in [0.25, 0.3) is 0 Å². The molecule has 0 aromatic carbocycles. The van der Waals surface area contributed by atoms with Crippen molar-refractivity contribution >= 4 is 11.9 Å². The van der Waals surface area contributed by atoms with E-state index in [1.165, 1.54) is 57.8 Å². The molecule has 0 saturated heterocycles. The lowest BCUT2D eigenvalue weighted by molar-refractivity contribution is -0.148. The van der Waals surface area contributed by atoms with Gasteiger partial charge in [-0.25, -0.2) is 0 Å². The van der Waals surface area contributed by atoms with Crippen LogP contribution >= 0.6 is 0 Å². The Morgan fingerprint density at radius 2 is 0.875 bits per heavy atom. The summed E-state index contributed by atoms with van der Waals surface area (Å²) in [6.07, 6.45) is 70.0. The van der Waals surface area contributed by atoms with Gasteiger partial charge in [0.1, 0.15) is 6.10 Å². The molecule has 3 unspecified atom stereocenters. The number of ether oxygens (including phenoxy) is 1. The minimum Gasteiger partial charge on any atom is -0.458 e. The van der Waals surface area contributed by atoms with Crippen LogP contribution in [0.15, 0.2) is 122 Å². The normalized spacial score (nSPS) is 14.3. The number of unbranched alkanes of at least 4 members (excludes halogenated alkanes) is 14. The summed E-state index contributed by atoms with van der Waals surface area (Å²) in [7, 11) is 0. The van der Waals surface area contributed by atoms with E-state index in [1.807, 2.05) is 6.08 Å². The van der Waals surface area contributed by atoms with E-state index in [9.17, 15) is 19.8 Å². The highest BCUT2D eigenvalue weighted by atomic mass is 16.5. The van der Waals surface area contributed by atoms with Gasteiger partial charge in [-0.15, -0.1) is 0 Å². The third-order valence-electron chi connectivity index (χ3n) is 10.8. The highest BCUT2D eigenvalue weighted by molar-refractivity contribution is 5.78. The Morgan fingerprint density at radius 3 is 1.31 bits per heavy atom. The Bertz CT molecular complexity index is 1360. The zero-order valence-electron chi connectivity index (χ0n) is 41.1. The summed E-state index contributed by atoms with van der Waals surface area (Å²) in [4.78, 5) is 26.1. The molecule has 64 heavy (non-hydrogen) atoms. The van der Waals surface area contributed by atoms with Crippen molar-refractivity contribution in [3.8, 4) is 0 Å². The number of allylic oxidation sites excluding steroid dienone is 19. The van der Waals surface area contributed by atoms with Gasteiger partial charge < -0.3 is 20.3 Å². The van der Waals surface area contributed by atoms with Gasteiger partial charge in [-0.1, -0.05) is 220 Å². The molecule has 0 aliphatic heterocycles. The molecule has 1 amide bonds. The summed E-state index contributed by atoms with van der Waals surface area (Å²) >= 11 is 0. The lowest BCUT2D eigenvalue weighted by Crippen LogP contribution is -2.46. The molecule has 0 aliphatic carbocycles. The van der Waals surface area contributed by atoms with Crippen LogP contribution in [0.2, 0.25) is 0 Å². The number of hydrogen-bond donors (Lipinski definition) is 3. The van der Waals surface area contributed by atoms with Crippen molar-refractivity contribution in [1.82, 2.24) is 5.32 Å². The number of aliphatic hydroxyl groups excluding tert-OH is 2. The van der Waals surface area contributed by atoms with Crippen LogP contribution in [-0.2, 0) is 14.3 Å². The number of aliphatic hydroxyl groups is 2. The second-order valence-electron chi connectivity index (χ2n) is 16.8. The van der Waals surface area contributed by atoms with E-state index in [1.54, 1.807) is 6.08 Å². The molecular weight excluding hydrogens is 791 g/mol. The molecule has 3 atom stereocenters. The zero-order valence-corrected chi connectivity index (χ0v) is 41.1. The molecular formula is C58H95NO5. The first-order valence-corrected chi connectivity index (χ1v) is 25.8. The fourth-order valence-electron chi connectivity index (χ4n) is 6.95. The maximum Gasteiger partial charge on any atom is 0.306 e. The van der Waals surface area contributed by atoms with Gasteiger partial charge in [0.15, 0.2) is 0 Å². The van der Waals surface area contributed by atoms with Gasteiger partial charge in [0.05, 0.1) is 25.2 Å². The maximum absolute atomic E-state index is 13.2. The molecule has 0 aliphatic rings. The lowest BCUT2D eigenvalue weighted by atomic mass is 10.0. The summed E-state index contributed by atoms with van der Waals surface area (Å²) in [5.74, 6) is -0.678. The molecule has 362 valence electrons. The van der Waals surface area contributed by atoms with E-state index >= 15 is 0 Å². The topological polar surface area (TPSA) is 95.9 Å². The van der Waals surface area contributed by atoms with Crippen molar-refractivity contribution < 1.29 is 24.5 Å². The van der Waals surface area contributed by atoms with Crippen molar-refractivity contribution in [1.29, 1.82) is 0 Å². The van der Waals surface area contributed by atoms with E-state index in [4.69, 9.17) is 4.74 Å². The molecule has 6 nitrogen and oxygen atoms in total. The van der Waals surface area contributed by atoms with E-state index < -0.39 is 18.2 Å². The molecule has 0 spiro atoms. The van der Waals surface area contributed by atoms with Crippen molar-refractivity contribution in [2.75, 3.05) is 6.61 Å². The smallest absolute Gasteiger partial charge is 0.306 e. The molecule has 0 bridgehead atoms. The van der Waals surface area contributed by atoms with Gasteiger partial charge in [-0.2, -0.15) is 0 Å². The number of hydrogen-bond acceptors (Lipinski definition) is 5. The van der Waals surface area contributed by atoms with Crippen LogP contribution in [0.5, 0.6) is 0 Å². The molecule has 0 aromatic heterocycles. The van der Waals surface area contributed by atoms with Crippen molar-refractivity contribution in [2.24, 2.45) is 0 Å². The molecule has 0 radical (unpaired) electrons. The van der Waals surface area contributed by atoms with Crippen molar-refractivity contribution in [2.45, 2.75) is 225 Å². The number of esters is 1. The molecule has 6 heteroatoms. The number of carbonyl (C=O) groups is 2. The highest BCUT2D eigenvalue weighted by Crippen LogP contribution is 2.15. The first-order valence-electron chi connectivity index (χ1n) is 25.8. The minimum absolute atomic E-state index is 0.0671. The fraction of sp³-hybridized carbons (Fsp3) is 0.621. The minimum atomic E-state index is -0.832. The Balaban J connectivity index is 4.80. The van der Waals surface area contributed by atoms with Gasteiger partial charge >= 0.3 is 5.97 Å². The Labute approximate surface area is 393 Å². The number of carbonyl (C=O) groups excluding carboxylic acids is 2. The van der Waals surface area contributed by atoms with E-state index in [-0.39, 0.29) is 24.9 Å². The highest BCUT2D eigenvalue weighted by Gasteiger charge is 2.23. The van der Waals surface area contributed by atoms with E-state index in [2.05, 4.69) is 135 Å². The predicted molar refractivity (Wildman–Crippen MR) is 277 cm³/mol. The number of amides is 1. The third kappa shape index (κ3) is 44.9. The summed E-state index contributed by atoms with van der Waals surface area (Å²) in [5.41, 5.74) is 0. The monoisotopic (exact) mass is 886 g/mol. The average molecular weight is 886 g/mol. The number of nitrogens with one attached hydrogen (secondary N) is 1. The van der Waals surface area contributed by atoms with Crippen LogP contribution in [0.4, 0.5) is 0 Å². The SMILES string of the molecule is CC/C=C\C/C=C\C/C=C\C/C=C\C/C=C\CCCCCC(=O)OC(/C=C/C/C=C/C/C=C/C/C=C/C/C=C/CC)CC(=O)NC(CO)C(O)CCCCCCCCCCCCCC. The van der Waals surface area contributed by atoms with Crippen LogP contribution in [-0.4, -0.2) is 46.9 Å². The predicted octanol–water partition coefficient (Wildman–Crippen LogP) is 15.7. The van der Waals surface area contributed by atoms with Crippen LogP contribution in [0.3, 0.4) is 0 Å². The van der Waals surface area contributed by atoms with Crippen LogP contribution in [0.1, 0.15) is 207 Å². The maximum atomic E-state index is 13.2. The molecule has 0 heterocycles. The third-order valence-corrected chi connectivity index (χ3v) is 10.8. The van der Waals surface area contributed by atoms with Gasteiger partial charge in [0.2, 0.25) is 5.91 Å². The van der Waals surface area contributed by atoms with Gasteiger partial charge in [0, 0.05) is 6.42 Å². The molecule has 0 saturated carbocycles. The second-order valence-corrected chi connectivity index (χ2v) is 16.8. The lowest BCUT2D eigenvalue weighted by Gasteiger charge is -2.23. The fourth-order valence-corrected chi connectivity index (χ4v) is 6.95. The molecule has 0 fully saturated rings. The quantitative estimate of drug-likeness (QED) is 0.0322. The van der Waals surface area contributed by atoms with E-state index in [0.29, 0.717) is 19.3 Å². The first-order chi connectivity index (χ1) is 31.5. The largest absolute Gasteiger partial charge is 0.458 e. The van der Waals surface area contributed by atoms with Crippen molar-refractivity contribution in [3.63, 3.8) is 0 Å². The van der Waals surface area contributed by atoms with Crippen LogP contribution in [0, 0.1) is 0 Å². The first kappa shape index (κ1) is 60.3. The molecule has 0 rings (SSSR count). The summed E-state index contributed by atoms with van der Waals surface area (Å²) in [6, 6.07) is -0.757. The zero-order chi connectivity index (χ0) is 46.7. The summed E-state index contributed by atoms with van der Waals surface area (Å²) in [5, 5.41) is 23.7. The van der Waals surface area contributed by atoms with Crippen molar-refractivity contribution in [3.05, 3.63) is 122 Å².